The minimum atomic E-state index is -0.493. The van der Waals surface area contributed by atoms with Crippen molar-refractivity contribution >= 4 is 5.97 Å². The predicted molar refractivity (Wildman–Crippen MR) is 80.7 cm³/mol. The van der Waals surface area contributed by atoms with E-state index in [1.54, 1.807) is 0 Å². The quantitative estimate of drug-likeness (QED) is 0.694. The van der Waals surface area contributed by atoms with Crippen LogP contribution in [0.25, 0.3) is 0 Å². The van der Waals surface area contributed by atoms with Gasteiger partial charge < -0.3 is 9.64 Å². The van der Waals surface area contributed by atoms with Crippen LogP contribution in [0.5, 0.6) is 0 Å². The summed E-state index contributed by atoms with van der Waals surface area (Å²) in [5, 5.41) is 3.50. The van der Waals surface area contributed by atoms with Gasteiger partial charge in [-0.15, -0.1) is 0 Å². The van der Waals surface area contributed by atoms with E-state index in [4.69, 9.17) is 4.74 Å². The first-order valence-electron chi connectivity index (χ1n) is 8.31. The van der Waals surface area contributed by atoms with Crippen molar-refractivity contribution in [2.45, 2.75) is 70.4 Å². The summed E-state index contributed by atoms with van der Waals surface area (Å²) in [7, 11) is 0. The number of likely N-dealkylation sites (tertiary alicyclic amines) is 1. The molecule has 2 aliphatic rings. The van der Waals surface area contributed by atoms with Gasteiger partial charge in [-0.1, -0.05) is 6.42 Å². The van der Waals surface area contributed by atoms with Crippen LogP contribution in [0.1, 0.15) is 58.8 Å². The number of nitrogens with one attached hydrogen (secondary N) is 1. The second-order valence-electron chi connectivity index (χ2n) is 6.48. The molecule has 2 fully saturated rings. The first-order valence-corrected chi connectivity index (χ1v) is 8.31. The second-order valence-corrected chi connectivity index (χ2v) is 6.48. The number of hydrogen-bond acceptors (Lipinski definition) is 4. The smallest absolute Gasteiger partial charge is 0.326 e. The van der Waals surface area contributed by atoms with Gasteiger partial charge in [0.25, 0.3) is 0 Å². The van der Waals surface area contributed by atoms with Gasteiger partial charge in [0.05, 0.1) is 6.61 Å². The monoisotopic (exact) mass is 282 g/mol. The molecule has 1 atom stereocenters. The molecule has 0 spiro atoms. The Labute approximate surface area is 123 Å². The van der Waals surface area contributed by atoms with Gasteiger partial charge in [0, 0.05) is 6.04 Å². The number of piperidine rings is 1. The SMILES string of the molecule is CCOC(=O)C(C)(CCCN1CCCCC1)NC1CC1. The molecule has 1 N–H and O–H groups in total. The van der Waals surface area contributed by atoms with Crippen molar-refractivity contribution in [3.05, 3.63) is 0 Å². The van der Waals surface area contributed by atoms with Crippen molar-refractivity contribution in [1.82, 2.24) is 10.2 Å². The van der Waals surface area contributed by atoms with E-state index in [1.807, 2.05) is 13.8 Å². The number of carbonyl (C=O) groups is 1. The summed E-state index contributed by atoms with van der Waals surface area (Å²) >= 11 is 0. The van der Waals surface area contributed by atoms with Crippen LogP contribution in [-0.2, 0) is 9.53 Å². The second kappa shape index (κ2) is 7.41. The molecule has 116 valence electrons. The molecule has 0 aromatic heterocycles. The summed E-state index contributed by atoms with van der Waals surface area (Å²) in [4.78, 5) is 14.7. The first-order chi connectivity index (χ1) is 9.64. The molecule has 4 nitrogen and oxygen atoms in total. The molecule has 1 aliphatic heterocycles. The lowest BCUT2D eigenvalue weighted by Gasteiger charge is -2.31. The van der Waals surface area contributed by atoms with Gasteiger partial charge in [-0.3, -0.25) is 10.1 Å². The van der Waals surface area contributed by atoms with Crippen LogP contribution in [0.4, 0.5) is 0 Å². The molecule has 20 heavy (non-hydrogen) atoms. The average molecular weight is 282 g/mol. The highest BCUT2D eigenvalue weighted by Crippen LogP contribution is 2.26. The number of esters is 1. The molecule has 0 radical (unpaired) electrons. The molecule has 1 saturated carbocycles. The van der Waals surface area contributed by atoms with Gasteiger partial charge in [0.2, 0.25) is 0 Å². The Morgan fingerprint density at radius 1 is 1.30 bits per heavy atom. The van der Waals surface area contributed by atoms with E-state index in [2.05, 4.69) is 10.2 Å². The zero-order valence-electron chi connectivity index (χ0n) is 13.1. The lowest BCUT2D eigenvalue weighted by Crippen LogP contribution is -2.51. The number of rotatable bonds is 8. The molecular weight excluding hydrogens is 252 g/mol. The summed E-state index contributed by atoms with van der Waals surface area (Å²) in [5.74, 6) is -0.0782. The highest BCUT2D eigenvalue weighted by atomic mass is 16.5. The Morgan fingerprint density at radius 3 is 2.60 bits per heavy atom. The number of carbonyl (C=O) groups excluding carboxylic acids is 1. The van der Waals surface area contributed by atoms with Gasteiger partial charge in [-0.25, -0.2) is 0 Å². The van der Waals surface area contributed by atoms with Crippen LogP contribution in [0.2, 0.25) is 0 Å². The predicted octanol–water partition coefficient (Wildman–Crippen LogP) is 2.33. The van der Waals surface area contributed by atoms with E-state index >= 15 is 0 Å². The first kappa shape index (κ1) is 15.8. The molecule has 0 bridgehead atoms. The fraction of sp³-hybridized carbons (Fsp3) is 0.938. The van der Waals surface area contributed by atoms with Crippen LogP contribution >= 0.6 is 0 Å². The maximum atomic E-state index is 12.2. The van der Waals surface area contributed by atoms with Gasteiger partial charge in [-0.05, 0) is 72.0 Å². The maximum Gasteiger partial charge on any atom is 0.326 e. The average Bonchev–Trinajstić information content (AvgIpc) is 3.24. The molecule has 0 aromatic rings. The minimum Gasteiger partial charge on any atom is -0.465 e. The van der Waals surface area contributed by atoms with Gasteiger partial charge >= 0.3 is 5.97 Å². The van der Waals surface area contributed by atoms with Crippen molar-refractivity contribution in [1.29, 1.82) is 0 Å². The van der Waals surface area contributed by atoms with Crippen molar-refractivity contribution in [3.63, 3.8) is 0 Å². The summed E-state index contributed by atoms with van der Waals surface area (Å²) < 4.78 is 5.26. The maximum absolute atomic E-state index is 12.2. The summed E-state index contributed by atoms with van der Waals surface area (Å²) in [5.41, 5.74) is -0.493. The van der Waals surface area contributed by atoms with Gasteiger partial charge in [0.15, 0.2) is 0 Å². The highest BCUT2D eigenvalue weighted by Gasteiger charge is 2.39. The van der Waals surface area contributed by atoms with E-state index in [0.29, 0.717) is 12.6 Å². The lowest BCUT2D eigenvalue weighted by atomic mass is 9.95. The minimum absolute atomic E-state index is 0.0782. The van der Waals surface area contributed by atoms with E-state index < -0.39 is 5.54 Å². The normalized spacial score (nSPS) is 23.3. The van der Waals surface area contributed by atoms with Crippen LogP contribution in [0.15, 0.2) is 0 Å². The van der Waals surface area contributed by atoms with E-state index in [-0.39, 0.29) is 5.97 Å². The molecule has 1 heterocycles. The summed E-state index contributed by atoms with van der Waals surface area (Å²) in [6.07, 6.45) is 8.36. The van der Waals surface area contributed by atoms with Crippen molar-refractivity contribution < 1.29 is 9.53 Å². The van der Waals surface area contributed by atoms with Gasteiger partial charge in [-0.2, -0.15) is 0 Å². The summed E-state index contributed by atoms with van der Waals surface area (Å²) in [6.45, 7) is 7.93. The van der Waals surface area contributed by atoms with Crippen molar-refractivity contribution in [2.75, 3.05) is 26.2 Å². The Morgan fingerprint density at radius 2 is 2.00 bits per heavy atom. The Kier molecular flexibility index (Phi) is 5.85. The van der Waals surface area contributed by atoms with Crippen molar-refractivity contribution in [2.24, 2.45) is 0 Å². The molecule has 0 amide bonds. The lowest BCUT2D eigenvalue weighted by molar-refractivity contribution is -0.151. The number of hydrogen-bond donors (Lipinski definition) is 1. The molecular formula is C16H30N2O2. The zero-order valence-corrected chi connectivity index (χ0v) is 13.1. The zero-order chi connectivity index (χ0) is 14.4. The third kappa shape index (κ3) is 4.74. The van der Waals surface area contributed by atoms with Crippen LogP contribution in [0, 0.1) is 0 Å². The highest BCUT2D eigenvalue weighted by molar-refractivity contribution is 5.80. The Balaban J connectivity index is 1.78. The van der Waals surface area contributed by atoms with Crippen LogP contribution < -0.4 is 5.32 Å². The van der Waals surface area contributed by atoms with Gasteiger partial charge in [0.1, 0.15) is 5.54 Å². The van der Waals surface area contributed by atoms with E-state index in [1.165, 1.54) is 45.2 Å². The number of nitrogens with zero attached hydrogens (tertiary/aromatic N) is 1. The van der Waals surface area contributed by atoms with Crippen LogP contribution in [-0.4, -0.2) is 48.7 Å². The molecule has 4 heteroatoms. The van der Waals surface area contributed by atoms with E-state index in [9.17, 15) is 4.79 Å². The molecule has 1 unspecified atom stereocenters. The Bertz CT molecular complexity index is 312. The van der Waals surface area contributed by atoms with E-state index in [0.717, 1.165) is 19.4 Å². The topological polar surface area (TPSA) is 41.6 Å². The standard InChI is InChI=1S/C16H30N2O2/c1-3-20-15(19)16(2,17-14-8-9-14)10-7-13-18-11-5-4-6-12-18/h14,17H,3-13H2,1-2H3. The van der Waals surface area contributed by atoms with Crippen molar-refractivity contribution in [3.8, 4) is 0 Å². The third-order valence-corrected chi connectivity index (χ3v) is 4.43. The fourth-order valence-electron chi connectivity index (χ4n) is 3.04. The molecule has 1 saturated heterocycles. The number of ether oxygens (including phenoxy) is 1. The fourth-order valence-corrected chi connectivity index (χ4v) is 3.04. The summed E-state index contributed by atoms with van der Waals surface area (Å²) in [6, 6.07) is 0.527. The molecule has 0 aromatic carbocycles. The molecule has 2 rings (SSSR count). The third-order valence-electron chi connectivity index (χ3n) is 4.43. The largest absolute Gasteiger partial charge is 0.465 e. The Hall–Kier alpha value is -0.610. The molecule has 1 aliphatic carbocycles. The van der Waals surface area contributed by atoms with Crippen LogP contribution in [0.3, 0.4) is 0 Å².